The van der Waals surface area contributed by atoms with Crippen LogP contribution in [0.15, 0.2) is 11.4 Å². The summed E-state index contributed by atoms with van der Waals surface area (Å²) in [4.78, 5) is 1.47. The van der Waals surface area contributed by atoms with E-state index in [9.17, 15) is 5.11 Å². The number of aliphatic hydroxyl groups is 2. The van der Waals surface area contributed by atoms with Crippen LogP contribution in [0.2, 0.25) is 0 Å². The first-order chi connectivity index (χ1) is 7.62. The van der Waals surface area contributed by atoms with Crippen molar-refractivity contribution in [1.29, 1.82) is 0 Å². The molecule has 0 aliphatic heterocycles. The summed E-state index contributed by atoms with van der Waals surface area (Å²) in [6.45, 7) is 1.88. The van der Waals surface area contributed by atoms with Gasteiger partial charge in [-0.25, -0.2) is 0 Å². The topological polar surface area (TPSA) is 52.5 Å². The van der Waals surface area contributed by atoms with Gasteiger partial charge in [0, 0.05) is 17.5 Å². The molecule has 0 saturated carbocycles. The first-order valence-electron chi connectivity index (χ1n) is 5.75. The molecule has 2 atom stereocenters. The van der Waals surface area contributed by atoms with Gasteiger partial charge in [0.15, 0.2) is 0 Å². The molecular weight excluding hydrogens is 222 g/mol. The van der Waals surface area contributed by atoms with Crippen molar-refractivity contribution in [3.05, 3.63) is 21.9 Å². The lowest BCUT2D eigenvalue weighted by molar-refractivity contribution is 0.000322. The average Bonchev–Trinajstić information content (AvgIpc) is 2.75. The van der Waals surface area contributed by atoms with Crippen LogP contribution >= 0.6 is 11.3 Å². The third-order valence-corrected chi connectivity index (χ3v) is 4.12. The molecule has 16 heavy (non-hydrogen) atoms. The molecule has 0 bridgehead atoms. The van der Waals surface area contributed by atoms with Gasteiger partial charge in [-0.3, -0.25) is 0 Å². The van der Waals surface area contributed by atoms with Gasteiger partial charge in [0.1, 0.15) is 0 Å². The highest BCUT2D eigenvalue weighted by atomic mass is 32.1. The second kappa shape index (κ2) is 4.84. The van der Waals surface area contributed by atoms with Crippen molar-refractivity contribution in [3.8, 4) is 0 Å². The van der Waals surface area contributed by atoms with Crippen LogP contribution in [0.25, 0.3) is 0 Å². The smallest absolute Gasteiger partial charge is 0.0973 e. The summed E-state index contributed by atoms with van der Waals surface area (Å²) in [5, 5.41) is 24.2. The Morgan fingerprint density at radius 2 is 2.44 bits per heavy atom. The summed E-state index contributed by atoms with van der Waals surface area (Å²) < 4.78 is 0. The van der Waals surface area contributed by atoms with Gasteiger partial charge < -0.3 is 15.5 Å². The third-order valence-electron chi connectivity index (χ3n) is 3.12. The van der Waals surface area contributed by atoms with E-state index < -0.39 is 5.60 Å². The molecule has 1 aromatic heterocycles. The van der Waals surface area contributed by atoms with E-state index in [1.54, 1.807) is 6.92 Å². The largest absolute Gasteiger partial charge is 0.393 e. The van der Waals surface area contributed by atoms with Crippen molar-refractivity contribution in [1.82, 2.24) is 5.32 Å². The Kier molecular flexibility index (Phi) is 3.64. The van der Waals surface area contributed by atoms with Crippen molar-refractivity contribution >= 4 is 11.3 Å². The maximum Gasteiger partial charge on any atom is 0.0973 e. The van der Waals surface area contributed by atoms with Crippen molar-refractivity contribution in [3.63, 3.8) is 0 Å². The number of rotatable bonds is 4. The van der Waals surface area contributed by atoms with E-state index in [0.29, 0.717) is 12.6 Å². The summed E-state index contributed by atoms with van der Waals surface area (Å²) in [7, 11) is 0. The fraction of sp³-hybridized carbons (Fsp3) is 0.667. The molecular formula is C12H19NO2S. The first-order valence-corrected chi connectivity index (χ1v) is 6.63. The van der Waals surface area contributed by atoms with E-state index in [1.165, 1.54) is 23.3 Å². The van der Waals surface area contributed by atoms with Crippen LogP contribution < -0.4 is 5.32 Å². The molecule has 1 aromatic rings. The van der Waals surface area contributed by atoms with Gasteiger partial charge in [-0.1, -0.05) is 0 Å². The highest BCUT2D eigenvalue weighted by Gasteiger charge is 2.24. The summed E-state index contributed by atoms with van der Waals surface area (Å²) in [5.74, 6) is 0. The van der Waals surface area contributed by atoms with Gasteiger partial charge in [-0.15, -0.1) is 11.3 Å². The predicted molar refractivity (Wildman–Crippen MR) is 65.7 cm³/mol. The Balaban J connectivity index is 1.98. The number of hydrogen-bond acceptors (Lipinski definition) is 4. The molecule has 0 spiro atoms. The lowest BCUT2D eigenvalue weighted by Gasteiger charge is -2.28. The molecule has 0 saturated heterocycles. The van der Waals surface area contributed by atoms with E-state index in [0.717, 1.165) is 6.42 Å². The lowest BCUT2D eigenvalue weighted by atomic mass is 9.93. The Labute approximate surface area is 100 Å². The Morgan fingerprint density at radius 3 is 3.19 bits per heavy atom. The third kappa shape index (κ3) is 2.63. The number of aryl methyl sites for hydroxylation is 1. The van der Waals surface area contributed by atoms with Gasteiger partial charge in [0.05, 0.1) is 12.2 Å². The Bertz CT molecular complexity index is 349. The van der Waals surface area contributed by atoms with E-state index in [2.05, 4.69) is 16.8 Å². The Morgan fingerprint density at radius 1 is 1.62 bits per heavy atom. The highest BCUT2D eigenvalue weighted by Crippen LogP contribution is 2.33. The second-order valence-electron chi connectivity index (χ2n) is 4.78. The minimum absolute atomic E-state index is 0.205. The summed E-state index contributed by atoms with van der Waals surface area (Å²) in [5.41, 5.74) is 0.359. The second-order valence-corrected chi connectivity index (χ2v) is 5.78. The van der Waals surface area contributed by atoms with Crippen LogP contribution in [-0.2, 0) is 6.42 Å². The van der Waals surface area contributed by atoms with Crippen molar-refractivity contribution in [2.45, 2.75) is 37.8 Å². The summed E-state index contributed by atoms with van der Waals surface area (Å²) >= 11 is 1.82. The lowest BCUT2D eigenvalue weighted by Crippen LogP contribution is -2.42. The van der Waals surface area contributed by atoms with Crippen molar-refractivity contribution in [2.75, 3.05) is 13.2 Å². The van der Waals surface area contributed by atoms with E-state index in [1.807, 2.05) is 11.3 Å². The number of fused-ring (bicyclic) bond motifs is 1. The molecule has 0 amide bonds. The van der Waals surface area contributed by atoms with Crippen molar-refractivity contribution in [2.24, 2.45) is 0 Å². The minimum Gasteiger partial charge on any atom is -0.393 e. The van der Waals surface area contributed by atoms with E-state index in [4.69, 9.17) is 5.11 Å². The van der Waals surface area contributed by atoms with Gasteiger partial charge in [0.2, 0.25) is 0 Å². The summed E-state index contributed by atoms with van der Waals surface area (Å²) in [6, 6.07) is 2.51. The standard InChI is InChI=1S/C12H19NO2S/c1-12(15,8-14)7-13-10-3-2-4-11-9(10)5-6-16-11/h5-6,10,13-15H,2-4,7-8H2,1H3. The zero-order valence-electron chi connectivity index (χ0n) is 9.57. The van der Waals surface area contributed by atoms with Crippen LogP contribution in [-0.4, -0.2) is 29.0 Å². The van der Waals surface area contributed by atoms with Crippen LogP contribution in [0, 0.1) is 0 Å². The molecule has 4 heteroatoms. The molecule has 0 radical (unpaired) electrons. The highest BCUT2D eigenvalue weighted by molar-refractivity contribution is 7.10. The van der Waals surface area contributed by atoms with Gasteiger partial charge in [-0.2, -0.15) is 0 Å². The van der Waals surface area contributed by atoms with Gasteiger partial charge >= 0.3 is 0 Å². The average molecular weight is 241 g/mol. The molecule has 0 aromatic carbocycles. The maximum absolute atomic E-state index is 9.74. The molecule has 2 unspecified atom stereocenters. The van der Waals surface area contributed by atoms with E-state index in [-0.39, 0.29) is 6.61 Å². The monoisotopic (exact) mass is 241 g/mol. The van der Waals surface area contributed by atoms with Crippen LogP contribution in [0.5, 0.6) is 0 Å². The molecule has 2 rings (SSSR count). The van der Waals surface area contributed by atoms with Crippen LogP contribution in [0.3, 0.4) is 0 Å². The maximum atomic E-state index is 9.74. The van der Waals surface area contributed by atoms with Crippen molar-refractivity contribution < 1.29 is 10.2 Å². The molecule has 90 valence electrons. The van der Waals surface area contributed by atoms with Crippen LogP contribution in [0.1, 0.15) is 36.2 Å². The van der Waals surface area contributed by atoms with E-state index >= 15 is 0 Å². The SMILES string of the molecule is CC(O)(CO)CNC1CCCc2sccc21. The minimum atomic E-state index is -1.02. The number of aliphatic hydroxyl groups excluding tert-OH is 1. The summed E-state index contributed by atoms with van der Waals surface area (Å²) in [6.07, 6.45) is 3.50. The first kappa shape index (κ1) is 12.0. The number of hydrogen-bond donors (Lipinski definition) is 3. The fourth-order valence-electron chi connectivity index (χ4n) is 2.10. The fourth-order valence-corrected chi connectivity index (χ4v) is 3.08. The zero-order chi connectivity index (χ0) is 11.6. The molecule has 3 N–H and O–H groups in total. The van der Waals surface area contributed by atoms with Gasteiger partial charge in [0.25, 0.3) is 0 Å². The molecule has 1 aliphatic rings. The predicted octanol–water partition coefficient (Wildman–Crippen LogP) is 1.46. The molecule has 0 fully saturated rings. The molecule has 1 heterocycles. The zero-order valence-corrected chi connectivity index (χ0v) is 10.4. The van der Waals surface area contributed by atoms with Gasteiger partial charge in [-0.05, 0) is 43.2 Å². The quantitative estimate of drug-likeness (QED) is 0.748. The normalized spacial score (nSPS) is 23.8. The molecule has 1 aliphatic carbocycles. The Hall–Kier alpha value is -0.420. The van der Waals surface area contributed by atoms with Crippen LogP contribution in [0.4, 0.5) is 0 Å². The number of thiophene rings is 1. The molecule has 3 nitrogen and oxygen atoms in total. The number of nitrogens with one attached hydrogen (secondary N) is 1.